The highest BCUT2D eigenvalue weighted by molar-refractivity contribution is 5.92. The van der Waals surface area contributed by atoms with Crippen molar-refractivity contribution in [3.63, 3.8) is 0 Å². The number of likely N-dealkylation sites (tertiary alicyclic amines) is 1. The summed E-state index contributed by atoms with van der Waals surface area (Å²) in [6, 6.07) is 3.75. The SMILES string of the molecule is Cc1ccc(NC(=O)C2CCCN(C(=O)C3C4CCC(C4)C3N)C2)nc1.Cl.Cl. The minimum Gasteiger partial charge on any atom is -0.342 e. The molecule has 3 fully saturated rings. The summed E-state index contributed by atoms with van der Waals surface area (Å²) in [5.41, 5.74) is 7.40. The number of halogens is 2. The minimum atomic E-state index is -0.175. The molecule has 6 nitrogen and oxygen atoms in total. The molecular weight excluding hydrogens is 399 g/mol. The summed E-state index contributed by atoms with van der Waals surface area (Å²) in [5.74, 6) is 1.46. The lowest BCUT2D eigenvalue weighted by atomic mass is 9.83. The highest BCUT2D eigenvalue weighted by Crippen LogP contribution is 2.48. The molecule has 28 heavy (non-hydrogen) atoms. The molecule has 8 heteroatoms. The number of nitrogens with zero attached hydrogens (tertiary/aromatic N) is 2. The van der Waals surface area contributed by atoms with Gasteiger partial charge in [-0.3, -0.25) is 9.59 Å². The van der Waals surface area contributed by atoms with Crippen molar-refractivity contribution in [2.24, 2.45) is 29.4 Å². The van der Waals surface area contributed by atoms with Gasteiger partial charge in [0.2, 0.25) is 11.8 Å². The molecule has 5 atom stereocenters. The summed E-state index contributed by atoms with van der Waals surface area (Å²) in [5, 5.41) is 2.89. The zero-order chi connectivity index (χ0) is 18.3. The monoisotopic (exact) mass is 428 g/mol. The summed E-state index contributed by atoms with van der Waals surface area (Å²) in [6.07, 6.45) is 6.82. The van der Waals surface area contributed by atoms with E-state index in [2.05, 4.69) is 10.3 Å². The van der Waals surface area contributed by atoms with Crippen LogP contribution in [0.15, 0.2) is 18.3 Å². The van der Waals surface area contributed by atoms with Crippen molar-refractivity contribution in [2.45, 2.75) is 45.1 Å². The Morgan fingerprint density at radius 2 is 1.93 bits per heavy atom. The van der Waals surface area contributed by atoms with E-state index in [1.165, 1.54) is 6.42 Å². The van der Waals surface area contributed by atoms with E-state index < -0.39 is 0 Å². The fourth-order valence-corrected chi connectivity index (χ4v) is 5.07. The van der Waals surface area contributed by atoms with Gasteiger partial charge in [-0.25, -0.2) is 4.98 Å². The van der Waals surface area contributed by atoms with Gasteiger partial charge in [-0.1, -0.05) is 6.07 Å². The number of aryl methyl sites for hydroxylation is 1. The van der Waals surface area contributed by atoms with E-state index in [4.69, 9.17) is 5.73 Å². The molecule has 1 aliphatic heterocycles. The van der Waals surface area contributed by atoms with Crippen molar-refractivity contribution < 1.29 is 9.59 Å². The first-order valence-electron chi connectivity index (χ1n) is 9.81. The Hall–Kier alpha value is -1.37. The Kier molecular flexibility index (Phi) is 7.71. The normalized spacial score (nSPS) is 30.9. The molecule has 2 amide bonds. The van der Waals surface area contributed by atoms with Crippen molar-refractivity contribution in [2.75, 3.05) is 18.4 Å². The number of hydrogen-bond acceptors (Lipinski definition) is 4. The van der Waals surface area contributed by atoms with E-state index in [0.717, 1.165) is 37.8 Å². The zero-order valence-corrected chi connectivity index (χ0v) is 17.8. The number of anilines is 1. The predicted octanol–water partition coefficient (Wildman–Crippen LogP) is 2.78. The van der Waals surface area contributed by atoms with Gasteiger partial charge in [0.25, 0.3) is 0 Å². The topological polar surface area (TPSA) is 88.3 Å². The molecular formula is C20H30Cl2N4O2. The number of amides is 2. The van der Waals surface area contributed by atoms with Crippen molar-refractivity contribution in [3.8, 4) is 0 Å². The second kappa shape index (κ2) is 9.42. The van der Waals surface area contributed by atoms with Crippen LogP contribution in [0.25, 0.3) is 0 Å². The number of aromatic nitrogens is 1. The average molecular weight is 429 g/mol. The zero-order valence-electron chi connectivity index (χ0n) is 16.2. The second-order valence-corrected chi connectivity index (χ2v) is 8.27. The number of pyridine rings is 1. The fourth-order valence-electron chi connectivity index (χ4n) is 5.07. The predicted molar refractivity (Wildman–Crippen MR) is 114 cm³/mol. The molecule has 0 spiro atoms. The molecule has 1 aromatic heterocycles. The van der Waals surface area contributed by atoms with E-state index in [1.54, 1.807) is 6.20 Å². The van der Waals surface area contributed by atoms with Crippen molar-refractivity contribution in [1.29, 1.82) is 0 Å². The van der Waals surface area contributed by atoms with Crippen LogP contribution in [-0.2, 0) is 9.59 Å². The van der Waals surface area contributed by atoms with Crippen molar-refractivity contribution in [1.82, 2.24) is 9.88 Å². The van der Waals surface area contributed by atoms with E-state index in [-0.39, 0.29) is 54.5 Å². The van der Waals surface area contributed by atoms with Crippen LogP contribution in [0.1, 0.15) is 37.7 Å². The van der Waals surface area contributed by atoms with Gasteiger partial charge in [-0.2, -0.15) is 0 Å². The van der Waals surface area contributed by atoms with E-state index in [0.29, 0.717) is 24.2 Å². The largest absolute Gasteiger partial charge is 0.342 e. The summed E-state index contributed by atoms with van der Waals surface area (Å²) in [7, 11) is 0. The Morgan fingerprint density at radius 1 is 1.18 bits per heavy atom. The Bertz CT molecular complexity index is 698. The first-order chi connectivity index (χ1) is 12.5. The Balaban J connectivity index is 0.00000140. The third-order valence-corrected chi connectivity index (χ3v) is 6.53. The molecule has 156 valence electrons. The molecule has 1 aromatic rings. The smallest absolute Gasteiger partial charge is 0.230 e. The maximum atomic E-state index is 13.1. The highest BCUT2D eigenvalue weighted by Gasteiger charge is 2.50. The molecule has 2 aliphatic carbocycles. The molecule has 2 heterocycles. The van der Waals surface area contributed by atoms with E-state index in [1.807, 2.05) is 24.0 Å². The number of hydrogen-bond donors (Lipinski definition) is 2. The molecule has 3 N–H and O–H groups in total. The quantitative estimate of drug-likeness (QED) is 0.774. The molecule has 2 saturated carbocycles. The van der Waals surface area contributed by atoms with Crippen LogP contribution in [0, 0.1) is 30.6 Å². The van der Waals surface area contributed by atoms with Gasteiger partial charge in [0, 0.05) is 25.3 Å². The first kappa shape index (κ1) is 22.9. The maximum Gasteiger partial charge on any atom is 0.230 e. The highest BCUT2D eigenvalue weighted by atomic mass is 35.5. The van der Waals surface area contributed by atoms with Crippen LogP contribution in [0.4, 0.5) is 5.82 Å². The van der Waals surface area contributed by atoms with Crippen LogP contribution in [0.5, 0.6) is 0 Å². The molecule has 4 rings (SSSR count). The standard InChI is InChI=1S/C20H28N4O2.2ClH/c1-12-4-7-16(22-10-12)23-19(25)15-3-2-8-24(11-15)20(26)17-13-5-6-14(9-13)18(17)21;;/h4,7,10,13-15,17-18H,2-3,5-6,8-9,11,21H2,1H3,(H,22,23,25);2*1H. The first-order valence-corrected chi connectivity index (χ1v) is 9.81. The van der Waals surface area contributed by atoms with Crippen LogP contribution in [0.2, 0.25) is 0 Å². The number of fused-ring (bicyclic) bond motifs is 2. The Morgan fingerprint density at radius 3 is 2.57 bits per heavy atom. The number of nitrogens with one attached hydrogen (secondary N) is 1. The lowest BCUT2D eigenvalue weighted by Gasteiger charge is -2.37. The lowest BCUT2D eigenvalue weighted by Crippen LogP contribution is -2.51. The average Bonchev–Trinajstić information content (AvgIpc) is 3.24. The minimum absolute atomic E-state index is 0. The summed E-state index contributed by atoms with van der Waals surface area (Å²) in [6.45, 7) is 3.20. The molecule has 3 aliphatic rings. The third kappa shape index (κ3) is 4.44. The van der Waals surface area contributed by atoms with Gasteiger partial charge >= 0.3 is 0 Å². The summed E-state index contributed by atoms with van der Waals surface area (Å²) < 4.78 is 0. The van der Waals surface area contributed by atoms with E-state index in [9.17, 15) is 9.59 Å². The fraction of sp³-hybridized carbons (Fsp3) is 0.650. The number of rotatable bonds is 3. The lowest BCUT2D eigenvalue weighted by molar-refractivity contribution is -0.140. The van der Waals surface area contributed by atoms with Gasteiger partial charge in [0.15, 0.2) is 0 Å². The van der Waals surface area contributed by atoms with Gasteiger partial charge in [0.05, 0.1) is 11.8 Å². The van der Waals surface area contributed by atoms with Crippen LogP contribution in [-0.4, -0.2) is 40.8 Å². The molecule has 5 unspecified atom stereocenters. The Labute approximate surface area is 178 Å². The van der Waals surface area contributed by atoms with E-state index >= 15 is 0 Å². The third-order valence-electron chi connectivity index (χ3n) is 6.53. The number of nitrogens with two attached hydrogens (primary N) is 1. The summed E-state index contributed by atoms with van der Waals surface area (Å²) >= 11 is 0. The van der Waals surface area contributed by atoms with Crippen LogP contribution in [0.3, 0.4) is 0 Å². The van der Waals surface area contributed by atoms with Crippen molar-refractivity contribution >= 4 is 42.4 Å². The molecule has 0 radical (unpaired) electrons. The molecule has 0 aromatic carbocycles. The number of carbonyl (C=O) groups is 2. The summed E-state index contributed by atoms with van der Waals surface area (Å²) in [4.78, 5) is 31.8. The van der Waals surface area contributed by atoms with Crippen LogP contribution >= 0.6 is 24.8 Å². The van der Waals surface area contributed by atoms with Gasteiger partial charge in [-0.15, -0.1) is 24.8 Å². The van der Waals surface area contributed by atoms with Gasteiger partial charge < -0.3 is 16.0 Å². The number of piperidine rings is 1. The maximum absolute atomic E-state index is 13.1. The van der Waals surface area contributed by atoms with Crippen LogP contribution < -0.4 is 11.1 Å². The molecule has 2 bridgehead atoms. The van der Waals surface area contributed by atoms with Crippen molar-refractivity contribution in [3.05, 3.63) is 23.9 Å². The molecule has 1 saturated heterocycles. The van der Waals surface area contributed by atoms with Gasteiger partial charge in [0.1, 0.15) is 5.82 Å². The second-order valence-electron chi connectivity index (χ2n) is 8.27. The van der Waals surface area contributed by atoms with Gasteiger partial charge in [-0.05, 0) is 62.5 Å². The number of carbonyl (C=O) groups excluding carboxylic acids is 2.